The number of amides is 1. The average molecular weight is 411 g/mol. The third-order valence-electron chi connectivity index (χ3n) is 6.66. The van der Waals surface area contributed by atoms with Gasteiger partial charge in [-0.05, 0) is 55.3 Å². The maximum Gasteiger partial charge on any atom is 0.220 e. The Morgan fingerprint density at radius 1 is 1.11 bits per heavy atom. The highest BCUT2D eigenvalue weighted by Gasteiger charge is 2.37. The molecule has 28 heavy (non-hydrogen) atoms. The fourth-order valence-corrected chi connectivity index (χ4v) is 4.70. The number of nitrogens with one attached hydrogen (secondary N) is 1. The minimum atomic E-state index is -0.0668. The summed E-state index contributed by atoms with van der Waals surface area (Å²) >= 11 is 0. The Balaban J connectivity index is 0.00000280. The van der Waals surface area contributed by atoms with E-state index in [1.165, 1.54) is 24.8 Å². The van der Waals surface area contributed by atoms with Crippen LogP contribution in [0.5, 0.6) is 5.75 Å². The van der Waals surface area contributed by atoms with Crippen LogP contribution in [0, 0.1) is 5.41 Å². The maximum atomic E-state index is 12.8. The maximum absolute atomic E-state index is 12.8. The Labute approximate surface area is 175 Å². The Bertz CT molecular complexity index is 609. The summed E-state index contributed by atoms with van der Waals surface area (Å²) in [7, 11) is 1.68. The summed E-state index contributed by atoms with van der Waals surface area (Å²) in [6.45, 7) is 2.73. The molecule has 0 radical (unpaired) electrons. The molecule has 0 atom stereocenters. The van der Waals surface area contributed by atoms with Gasteiger partial charge in [-0.25, -0.2) is 0 Å². The molecule has 5 nitrogen and oxygen atoms in total. The van der Waals surface area contributed by atoms with Crippen molar-refractivity contribution in [2.75, 3.05) is 33.4 Å². The fraction of sp³-hybridized carbons (Fsp3) is 0.682. The normalized spacial score (nSPS) is 20.6. The van der Waals surface area contributed by atoms with Crippen molar-refractivity contribution in [1.29, 1.82) is 0 Å². The molecule has 2 aliphatic rings. The summed E-state index contributed by atoms with van der Waals surface area (Å²) in [6.07, 6.45) is 8.20. The molecule has 0 spiro atoms. The van der Waals surface area contributed by atoms with Crippen molar-refractivity contribution in [3.8, 4) is 5.75 Å². The van der Waals surface area contributed by atoms with Crippen LogP contribution in [0.2, 0.25) is 0 Å². The number of nitrogens with two attached hydrogens (primary N) is 1. The van der Waals surface area contributed by atoms with Crippen LogP contribution in [0.3, 0.4) is 0 Å². The van der Waals surface area contributed by atoms with Gasteiger partial charge in [0.05, 0.1) is 7.11 Å². The molecule has 0 aromatic heterocycles. The zero-order valence-corrected chi connectivity index (χ0v) is 17.8. The van der Waals surface area contributed by atoms with Gasteiger partial charge in [-0.15, -0.1) is 12.4 Å². The monoisotopic (exact) mass is 410 g/mol. The molecule has 1 aliphatic heterocycles. The van der Waals surface area contributed by atoms with Crippen molar-refractivity contribution in [2.45, 2.75) is 56.8 Å². The van der Waals surface area contributed by atoms with Gasteiger partial charge >= 0.3 is 0 Å². The average Bonchev–Trinajstić information content (AvgIpc) is 2.74. The minimum absolute atomic E-state index is 0. The lowest BCUT2D eigenvalue weighted by Crippen LogP contribution is -2.46. The van der Waals surface area contributed by atoms with E-state index >= 15 is 0 Å². The standard InChI is InChI=1S/C22H34N2O3.ClH/c1-26-19-7-5-18(6-8-19)22(11-13-27-14-12-22)17-24-20(25)15-21(16-23)9-3-2-4-10-21;/h5-8H,2-4,9-17,23H2,1H3,(H,24,25);1H. The summed E-state index contributed by atoms with van der Waals surface area (Å²) in [5.74, 6) is 0.994. The second-order valence-electron chi connectivity index (χ2n) is 8.34. The fourth-order valence-electron chi connectivity index (χ4n) is 4.70. The number of carbonyl (C=O) groups excluding carboxylic acids is 1. The van der Waals surface area contributed by atoms with E-state index < -0.39 is 0 Å². The van der Waals surface area contributed by atoms with Crippen LogP contribution in [-0.4, -0.2) is 39.3 Å². The smallest absolute Gasteiger partial charge is 0.220 e. The lowest BCUT2D eigenvalue weighted by Gasteiger charge is -2.39. The number of benzene rings is 1. The van der Waals surface area contributed by atoms with Crippen LogP contribution < -0.4 is 15.8 Å². The van der Waals surface area contributed by atoms with Crippen LogP contribution in [0.25, 0.3) is 0 Å². The van der Waals surface area contributed by atoms with Gasteiger partial charge in [-0.2, -0.15) is 0 Å². The van der Waals surface area contributed by atoms with Gasteiger partial charge in [0.2, 0.25) is 5.91 Å². The highest BCUT2D eigenvalue weighted by molar-refractivity contribution is 5.85. The molecule has 0 bridgehead atoms. The predicted molar refractivity (Wildman–Crippen MR) is 114 cm³/mol. The third-order valence-corrected chi connectivity index (χ3v) is 6.66. The van der Waals surface area contributed by atoms with Crippen LogP contribution in [0.15, 0.2) is 24.3 Å². The van der Waals surface area contributed by atoms with E-state index in [4.69, 9.17) is 15.2 Å². The van der Waals surface area contributed by atoms with Crippen LogP contribution in [0.4, 0.5) is 0 Å². The molecule has 1 saturated heterocycles. The lowest BCUT2D eigenvalue weighted by atomic mass is 9.71. The van der Waals surface area contributed by atoms with Gasteiger partial charge in [0, 0.05) is 31.6 Å². The van der Waals surface area contributed by atoms with E-state index in [0.717, 1.165) is 44.6 Å². The van der Waals surface area contributed by atoms with E-state index in [2.05, 4.69) is 17.4 Å². The van der Waals surface area contributed by atoms with Gasteiger partial charge in [0.15, 0.2) is 0 Å². The first-order valence-electron chi connectivity index (χ1n) is 10.3. The van der Waals surface area contributed by atoms with Gasteiger partial charge < -0.3 is 20.5 Å². The van der Waals surface area contributed by atoms with Crippen LogP contribution in [0.1, 0.15) is 56.9 Å². The van der Waals surface area contributed by atoms with Crippen LogP contribution in [-0.2, 0) is 14.9 Å². The molecule has 3 rings (SSSR count). The number of rotatable bonds is 7. The van der Waals surface area contributed by atoms with Gasteiger partial charge in [-0.1, -0.05) is 31.4 Å². The first-order valence-corrected chi connectivity index (χ1v) is 10.3. The molecule has 2 fully saturated rings. The molecule has 1 aromatic carbocycles. The number of halogens is 1. The topological polar surface area (TPSA) is 73.6 Å². The molecule has 1 saturated carbocycles. The molecular weight excluding hydrogens is 376 g/mol. The highest BCUT2D eigenvalue weighted by Crippen LogP contribution is 2.39. The molecule has 158 valence electrons. The number of carbonyl (C=O) groups is 1. The quantitative estimate of drug-likeness (QED) is 0.720. The van der Waals surface area contributed by atoms with Crippen molar-refractivity contribution in [3.63, 3.8) is 0 Å². The first-order chi connectivity index (χ1) is 13.1. The van der Waals surface area contributed by atoms with Crippen molar-refractivity contribution in [3.05, 3.63) is 29.8 Å². The number of hydrogen-bond donors (Lipinski definition) is 2. The van der Waals surface area contributed by atoms with E-state index in [9.17, 15) is 4.79 Å². The highest BCUT2D eigenvalue weighted by atomic mass is 35.5. The summed E-state index contributed by atoms with van der Waals surface area (Å²) < 4.78 is 10.9. The summed E-state index contributed by atoms with van der Waals surface area (Å²) in [5, 5.41) is 3.25. The molecule has 0 unspecified atom stereocenters. The lowest BCUT2D eigenvalue weighted by molar-refractivity contribution is -0.124. The van der Waals surface area contributed by atoms with Crippen molar-refractivity contribution < 1.29 is 14.3 Å². The number of methoxy groups -OCH3 is 1. The van der Waals surface area contributed by atoms with Crippen LogP contribution >= 0.6 is 12.4 Å². The SMILES string of the molecule is COc1ccc(C2(CNC(=O)CC3(CN)CCCCC3)CCOCC2)cc1.Cl. The Morgan fingerprint density at radius 3 is 2.32 bits per heavy atom. The van der Waals surface area contributed by atoms with Gasteiger partial charge in [-0.3, -0.25) is 4.79 Å². The minimum Gasteiger partial charge on any atom is -0.497 e. The third kappa shape index (κ3) is 5.40. The van der Waals surface area contributed by atoms with Crippen molar-refractivity contribution in [1.82, 2.24) is 5.32 Å². The summed E-state index contributed by atoms with van der Waals surface area (Å²) in [4.78, 5) is 12.8. The zero-order chi connectivity index (χ0) is 19.2. The first kappa shape index (κ1) is 23.0. The second kappa shape index (κ2) is 10.5. The Hall–Kier alpha value is -1.30. The number of ether oxygens (including phenoxy) is 2. The Morgan fingerprint density at radius 2 is 1.75 bits per heavy atom. The molecule has 1 heterocycles. The number of hydrogen-bond acceptors (Lipinski definition) is 4. The molecule has 3 N–H and O–H groups in total. The van der Waals surface area contributed by atoms with Crippen molar-refractivity contribution >= 4 is 18.3 Å². The van der Waals surface area contributed by atoms with E-state index in [1.807, 2.05) is 12.1 Å². The zero-order valence-electron chi connectivity index (χ0n) is 17.0. The van der Waals surface area contributed by atoms with Crippen molar-refractivity contribution in [2.24, 2.45) is 11.1 Å². The Kier molecular flexibility index (Phi) is 8.59. The predicted octanol–water partition coefficient (Wildman–Crippen LogP) is 3.58. The molecule has 1 amide bonds. The van der Waals surface area contributed by atoms with Gasteiger partial charge in [0.25, 0.3) is 0 Å². The summed E-state index contributed by atoms with van der Waals surface area (Å²) in [6, 6.07) is 8.25. The molecule has 1 aliphatic carbocycles. The van der Waals surface area contributed by atoms with E-state index in [0.29, 0.717) is 19.5 Å². The van der Waals surface area contributed by atoms with E-state index in [-0.39, 0.29) is 29.1 Å². The molecular formula is C22H35ClN2O3. The van der Waals surface area contributed by atoms with Gasteiger partial charge in [0.1, 0.15) is 5.75 Å². The molecule has 1 aromatic rings. The van der Waals surface area contributed by atoms with E-state index in [1.54, 1.807) is 7.11 Å². The summed E-state index contributed by atoms with van der Waals surface area (Å²) in [5.41, 5.74) is 7.25. The largest absolute Gasteiger partial charge is 0.497 e. The second-order valence-corrected chi connectivity index (χ2v) is 8.34. The molecule has 6 heteroatoms.